The summed E-state index contributed by atoms with van der Waals surface area (Å²) in [7, 11) is 6.34. The molecule has 26 heavy (non-hydrogen) atoms. The molecule has 1 N–H and O–H groups in total. The van der Waals surface area contributed by atoms with Gasteiger partial charge in [0, 0.05) is 12.1 Å². The minimum Gasteiger partial charge on any atom is -0.493 e. The number of carbonyl (C=O) groups excluding carboxylic acids is 1. The van der Waals surface area contributed by atoms with Crippen molar-refractivity contribution in [2.24, 2.45) is 0 Å². The second-order valence-corrected chi connectivity index (χ2v) is 5.62. The van der Waals surface area contributed by atoms with Crippen molar-refractivity contribution in [3.8, 4) is 23.0 Å². The van der Waals surface area contributed by atoms with E-state index in [2.05, 4.69) is 5.32 Å². The van der Waals surface area contributed by atoms with Gasteiger partial charge in [-0.3, -0.25) is 4.79 Å². The quantitative estimate of drug-likeness (QED) is 0.746. The maximum absolute atomic E-state index is 12.2. The van der Waals surface area contributed by atoms with Gasteiger partial charge in [-0.1, -0.05) is 18.2 Å². The van der Waals surface area contributed by atoms with Crippen molar-refractivity contribution < 1.29 is 23.7 Å². The molecule has 0 saturated carbocycles. The maximum Gasteiger partial charge on any atom is 0.224 e. The Morgan fingerprint density at radius 1 is 0.885 bits per heavy atom. The molecule has 0 saturated heterocycles. The topological polar surface area (TPSA) is 66.0 Å². The summed E-state index contributed by atoms with van der Waals surface area (Å²) in [6.45, 7) is 0.528. The summed E-state index contributed by atoms with van der Waals surface area (Å²) < 4.78 is 21.1. The molecule has 0 atom stereocenters. The number of ether oxygens (including phenoxy) is 4. The lowest BCUT2D eigenvalue weighted by Crippen LogP contribution is -2.27. The van der Waals surface area contributed by atoms with Crippen LogP contribution < -0.4 is 24.3 Å². The molecule has 0 spiro atoms. The van der Waals surface area contributed by atoms with Gasteiger partial charge in [-0.05, 0) is 30.2 Å². The summed E-state index contributed by atoms with van der Waals surface area (Å²) >= 11 is 0. The first-order valence-corrected chi connectivity index (χ1v) is 8.30. The Labute approximate surface area is 154 Å². The third-order valence-electron chi connectivity index (χ3n) is 4.02. The van der Waals surface area contributed by atoms with Crippen LogP contribution in [0.25, 0.3) is 0 Å². The van der Waals surface area contributed by atoms with E-state index in [0.29, 0.717) is 36.0 Å². The highest BCUT2D eigenvalue weighted by Crippen LogP contribution is 2.31. The van der Waals surface area contributed by atoms with Crippen molar-refractivity contribution in [1.82, 2.24) is 5.32 Å². The third kappa shape index (κ3) is 4.81. The zero-order valence-corrected chi connectivity index (χ0v) is 15.6. The Morgan fingerprint density at radius 3 is 2.27 bits per heavy atom. The molecule has 0 unspecified atom stereocenters. The molecule has 0 aromatic heterocycles. The number of amides is 1. The van der Waals surface area contributed by atoms with Gasteiger partial charge in [-0.25, -0.2) is 0 Å². The average Bonchev–Trinajstić information content (AvgIpc) is 2.67. The van der Waals surface area contributed by atoms with E-state index in [-0.39, 0.29) is 12.3 Å². The first kappa shape index (κ1) is 19.4. The van der Waals surface area contributed by atoms with Crippen molar-refractivity contribution in [3.63, 3.8) is 0 Å². The zero-order chi connectivity index (χ0) is 18.9. The molecular weight excluding hydrogens is 334 g/mol. The van der Waals surface area contributed by atoms with Gasteiger partial charge in [-0.15, -0.1) is 0 Å². The van der Waals surface area contributed by atoms with Crippen LogP contribution in [0.2, 0.25) is 0 Å². The van der Waals surface area contributed by atoms with Crippen LogP contribution in [0.5, 0.6) is 23.0 Å². The Bertz CT molecular complexity index is 745. The summed E-state index contributed by atoms with van der Waals surface area (Å²) in [4.78, 5) is 12.2. The zero-order valence-electron chi connectivity index (χ0n) is 15.6. The molecule has 0 heterocycles. The van der Waals surface area contributed by atoms with E-state index >= 15 is 0 Å². The molecule has 0 bridgehead atoms. The van der Waals surface area contributed by atoms with E-state index in [9.17, 15) is 4.79 Å². The summed E-state index contributed by atoms with van der Waals surface area (Å²) in [5.41, 5.74) is 1.84. The molecular formula is C20H25NO5. The van der Waals surface area contributed by atoms with Crippen LogP contribution in [0.3, 0.4) is 0 Å². The van der Waals surface area contributed by atoms with Crippen LogP contribution in [0, 0.1) is 0 Å². The Kier molecular flexibility index (Phi) is 7.14. The number of para-hydroxylation sites is 1. The minimum atomic E-state index is -0.0722. The predicted octanol–water partition coefficient (Wildman–Crippen LogP) is 2.62. The highest BCUT2D eigenvalue weighted by atomic mass is 16.5. The Hall–Kier alpha value is -2.89. The lowest BCUT2D eigenvalue weighted by atomic mass is 10.1. The van der Waals surface area contributed by atoms with Crippen molar-refractivity contribution >= 4 is 5.91 Å². The van der Waals surface area contributed by atoms with Gasteiger partial charge in [0.05, 0.1) is 34.9 Å². The SMILES string of the molecule is COc1ccc(CCNC(=O)Cc2cccc(OC)c2OC)cc1OC. The van der Waals surface area contributed by atoms with Crippen LogP contribution in [0.1, 0.15) is 11.1 Å². The number of rotatable bonds is 9. The highest BCUT2D eigenvalue weighted by Gasteiger charge is 2.13. The monoisotopic (exact) mass is 359 g/mol. The van der Waals surface area contributed by atoms with Crippen LogP contribution >= 0.6 is 0 Å². The molecule has 0 fully saturated rings. The number of methoxy groups -OCH3 is 4. The van der Waals surface area contributed by atoms with Gasteiger partial charge in [0.25, 0.3) is 0 Å². The van der Waals surface area contributed by atoms with E-state index in [1.807, 2.05) is 30.3 Å². The standard InChI is InChI=1S/C20H25NO5/c1-23-16-9-8-14(12-18(16)25-3)10-11-21-19(22)13-15-6-5-7-17(24-2)20(15)26-4/h5-9,12H,10-11,13H2,1-4H3,(H,21,22). The Morgan fingerprint density at radius 2 is 1.62 bits per heavy atom. The smallest absolute Gasteiger partial charge is 0.224 e. The summed E-state index contributed by atoms with van der Waals surface area (Å²) in [6, 6.07) is 11.2. The lowest BCUT2D eigenvalue weighted by molar-refractivity contribution is -0.120. The van der Waals surface area contributed by atoms with Crippen LogP contribution in [0.15, 0.2) is 36.4 Å². The van der Waals surface area contributed by atoms with Crippen molar-refractivity contribution in [3.05, 3.63) is 47.5 Å². The van der Waals surface area contributed by atoms with Crippen LogP contribution in [0.4, 0.5) is 0 Å². The molecule has 1 amide bonds. The predicted molar refractivity (Wildman–Crippen MR) is 99.5 cm³/mol. The maximum atomic E-state index is 12.2. The number of hydrogen-bond acceptors (Lipinski definition) is 5. The van der Waals surface area contributed by atoms with E-state index in [1.165, 1.54) is 0 Å². The molecule has 2 rings (SSSR count). The number of benzene rings is 2. The molecule has 0 aliphatic heterocycles. The first-order valence-electron chi connectivity index (χ1n) is 8.30. The first-order chi connectivity index (χ1) is 12.6. The largest absolute Gasteiger partial charge is 0.493 e. The fourth-order valence-corrected chi connectivity index (χ4v) is 2.71. The van der Waals surface area contributed by atoms with Gasteiger partial charge in [0.1, 0.15) is 0 Å². The molecule has 6 nitrogen and oxygen atoms in total. The molecule has 0 aliphatic carbocycles. The van der Waals surface area contributed by atoms with Crippen LogP contribution in [-0.4, -0.2) is 40.9 Å². The lowest BCUT2D eigenvalue weighted by Gasteiger charge is -2.13. The number of hydrogen-bond donors (Lipinski definition) is 1. The fraction of sp³-hybridized carbons (Fsp3) is 0.350. The summed E-state index contributed by atoms with van der Waals surface area (Å²) in [6.07, 6.45) is 0.924. The summed E-state index contributed by atoms with van der Waals surface area (Å²) in [5.74, 6) is 2.49. The fourth-order valence-electron chi connectivity index (χ4n) is 2.71. The molecule has 0 aliphatic rings. The number of carbonyl (C=O) groups is 1. The van der Waals surface area contributed by atoms with Gasteiger partial charge in [0.15, 0.2) is 23.0 Å². The molecule has 2 aromatic carbocycles. The second kappa shape index (κ2) is 9.56. The summed E-state index contributed by atoms with van der Waals surface area (Å²) in [5, 5.41) is 2.93. The molecule has 2 aromatic rings. The van der Waals surface area contributed by atoms with Gasteiger partial charge >= 0.3 is 0 Å². The van der Waals surface area contributed by atoms with Crippen molar-refractivity contribution in [2.75, 3.05) is 35.0 Å². The highest BCUT2D eigenvalue weighted by molar-refractivity contribution is 5.79. The Balaban J connectivity index is 1.92. The third-order valence-corrected chi connectivity index (χ3v) is 4.02. The second-order valence-electron chi connectivity index (χ2n) is 5.62. The van der Waals surface area contributed by atoms with Gasteiger partial charge in [-0.2, -0.15) is 0 Å². The normalized spacial score (nSPS) is 10.2. The molecule has 140 valence electrons. The van der Waals surface area contributed by atoms with Crippen LogP contribution in [-0.2, 0) is 17.6 Å². The van der Waals surface area contributed by atoms with E-state index < -0.39 is 0 Å². The van der Waals surface area contributed by atoms with Gasteiger partial charge < -0.3 is 24.3 Å². The molecule has 0 radical (unpaired) electrons. The van der Waals surface area contributed by atoms with E-state index in [1.54, 1.807) is 34.5 Å². The van der Waals surface area contributed by atoms with Crippen molar-refractivity contribution in [2.45, 2.75) is 12.8 Å². The van der Waals surface area contributed by atoms with Crippen molar-refractivity contribution in [1.29, 1.82) is 0 Å². The van der Waals surface area contributed by atoms with E-state index in [0.717, 1.165) is 11.1 Å². The van der Waals surface area contributed by atoms with E-state index in [4.69, 9.17) is 18.9 Å². The minimum absolute atomic E-state index is 0.0722. The number of nitrogens with one attached hydrogen (secondary N) is 1. The van der Waals surface area contributed by atoms with Gasteiger partial charge in [0.2, 0.25) is 5.91 Å². The average molecular weight is 359 g/mol. The molecule has 6 heteroatoms.